The number of fused-ring (bicyclic) bond motifs is 1. The Morgan fingerprint density at radius 3 is 2.57 bits per heavy atom. The Labute approximate surface area is 167 Å². The van der Waals surface area contributed by atoms with E-state index in [1.54, 1.807) is 35.8 Å². The Bertz CT molecular complexity index is 1140. The summed E-state index contributed by atoms with van der Waals surface area (Å²) in [4.78, 5) is 16.8. The molecule has 0 aliphatic carbocycles. The Hall–Kier alpha value is -2.71. The Morgan fingerprint density at radius 1 is 1.14 bits per heavy atom. The van der Waals surface area contributed by atoms with Crippen molar-refractivity contribution >= 4 is 38.1 Å². The predicted octanol–water partition coefficient (Wildman–Crippen LogP) is 3.76. The normalized spacial score (nSPS) is 13.4. The molecule has 0 fully saturated rings. The summed E-state index contributed by atoms with van der Waals surface area (Å²) in [6.45, 7) is 4.12. The third-order valence-electron chi connectivity index (χ3n) is 4.64. The van der Waals surface area contributed by atoms with Gasteiger partial charge in [-0.3, -0.25) is 14.4 Å². The first-order valence-electron chi connectivity index (χ1n) is 8.79. The number of aryl methyl sites for hydroxylation is 2. The summed E-state index contributed by atoms with van der Waals surface area (Å²) < 4.78 is 27.9. The van der Waals surface area contributed by atoms with Crippen molar-refractivity contribution < 1.29 is 13.2 Å². The maximum Gasteiger partial charge on any atom is 0.264 e. The van der Waals surface area contributed by atoms with Gasteiger partial charge in [0.1, 0.15) is 0 Å². The number of thiazole rings is 1. The van der Waals surface area contributed by atoms with E-state index in [9.17, 15) is 13.2 Å². The summed E-state index contributed by atoms with van der Waals surface area (Å²) in [5.41, 5.74) is 3.67. The van der Waals surface area contributed by atoms with Crippen LogP contribution in [-0.2, 0) is 16.4 Å². The zero-order valence-electron chi connectivity index (χ0n) is 15.5. The van der Waals surface area contributed by atoms with E-state index in [2.05, 4.69) is 10.3 Å². The molecule has 0 unspecified atom stereocenters. The molecule has 1 aliphatic rings. The van der Waals surface area contributed by atoms with E-state index in [0.717, 1.165) is 16.7 Å². The highest BCUT2D eigenvalue weighted by Crippen LogP contribution is 2.34. The van der Waals surface area contributed by atoms with E-state index in [4.69, 9.17) is 0 Å². The van der Waals surface area contributed by atoms with Gasteiger partial charge in [-0.05, 0) is 61.2 Å². The van der Waals surface area contributed by atoms with E-state index < -0.39 is 10.0 Å². The average Bonchev–Trinajstić information content (AvgIpc) is 3.29. The van der Waals surface area contributed by atoms with Crippen LogP contribution in [0, 0.1) is 13.8 Å². The smallest absolute Gasteiger partial charge is 0.264 e. The van der Waals surface area contributed by atoms with Crippen LogP contribution in [0.1, 0.15) is 27.0 Å². The van der Waals surface area contributed by atoms with Crippen LogP contribution >= 0.6 is 11.3 Å². The topological polar surface area (TPSA) is 79.4 Å². The third kappa shape index (κ3) is 3.41. The molecular formula is C20H19N3O3S2. The molecule has 6 nitrogen and oxygen atoms in total. The molecule has 1 N–H and O–H groups in total. The van der Waals surface area contributed by atoms with Gasteiger partial charge in [-0.2, -0.15) is 0 Å². The molecule has 0 saturated heterocycles. The molecule has 1 amide bonds. The maximum absolute atomic E-state index is 13.3. The number of hydrogen-bond acceptors (Lipinski definition) is 5. The molecule has 28 heavy (non-hydrogen) atoms. The van der Waals surface area contributed by atoms with Crippen molar-refractivity contribution in [3.8, 4) is 0 Å². The van der Waals surface area contributed by atoms with Crippen molar-refractivity contribution in [1.29, 1.82) is 0 Å². The van der Waals surface area contributed by atoms with E-state index in [1.807, 2.05) is 26.0 Å². The van der Waals surface area contributed by atoms with Gasteiger partial charge in [0, 0.05) is 23.7 Å². The molecule has 144 valence electrons. The van der Waals surface area contributed by atoms with Gasteiger partial charge < -0.3 is 0 Å². The van der Waals surface area contributed by atoms with Crippen LogP contribution < -0.4 is 9.62 Å². The number of benzene rings is 2. The van der Waals surface area contributed by atoms with Gasteiger partial charge in [0.2, 0.25) is 0 Å². The Balaban J connectivity index is 1.69. The number of amides is 1. The minimum absolute atomic E-state index is 0.274. The fourth-order valence-electron chi connectivity index (χ4n) is 3.40. The minimum Gasteiger partial charge on any atom is -0.298 e. The third-order valence-corrected chi connectivity index (χ3v) is 7.12. The van der Waals surface area contributed by atoms with Gasteiger partial charge in [-0.1, -0.05) is 12.1 Å². The first-order valence-corrected chi connectivity index (χ1v) is 11.1. The zero-order chi connectivity index (χ0) is 19.9. The molecule has 0 atom stereocenters. The second-order valence-corrected chi connectivity index (χ2v) is 9.54. The van der Waals surface area contributed by atoms with E-state index in [0.29, 0.717) is 29.3 Å². The van der Waals surface area contributed by atoms with Gasteiger partial charge in [0.25, 0.3) is 15.9 Å². The second-order valence-electron chi connectivity index (χ2n) is 6.79. The van der Waals surface area contributed by atoms with Gasteiger partial charge in [-0.15, -0.1) is 11.3 Å². The number of sulfonamides is 1. The molecule has 8 heteroatoms. The van der Waals surface area contributed by atoms with Crippen molar-refractivity contribution in [1.82, 2.24) is 4.98 Å². The SMILES string of the molecule is Cc1cc(C)cc(S(=O)(=O)N2CCc3ccc(C(=O)Nc4nccs4)cc32)c1. The first kappa shape index (κ1) is 18.6. The van der Waals surface area contributed by atoms with Crippen molar-refractivity contribution in [3.63, 3.8) is 0 Å². The fraction of sp³-hybridized carbons (Fsp3) is 0.200. The molecule has 2 aromatic carbocycles. The summed E-state index contributed by atoms with van der Waals surface area (Å²) in [6, 6.07) is 10.5. The standard InChI is InChI=1S/C20H19N3O3S2/c1-13-9-14(2)11-17(10-13)28(25,26)23-7-5-15-3-4-16(12-18(15)23)19(24)22-20-21-6-8-27-20/h3-4,6,8-12H,5,7H2,1-2H3,(H,21,22,24). The minimum atomic E-state index is -3.70. The van der Waals surface area contributed by atoms with Crippen LogP contribution in [0.2, 0.25) is 0 Å². The summed E-state index contributed by atoms with van der Waals surface area (Å²) in [5.74, 6) is -0.312. The van der Waals surface area contributed by atoms with Crippen LogP contribution in [0.5, 0.6) is 0 Å². The quantitative estimate of drug-likeness (QED) is 0.706. The lowest BCUT2D eigenvalue weighted by Crippen LogP contribution is -2.29. The van der Waals surface area contributed by atoms with Crippen LogP contribution in [0.25, 0.3) is 0 Å². The number of anilines is 2. The highest BCUT2D eigenvalue weighted by atomic mass is 32.2. The van der Waals surface area contributed by atoms with Crippen LogP contribution in [0.4, 0.5) is 10.8 Å². The summed E-state index contributed by atoms with van der Waals surface area (Å²) in [5, 5.41) is 5.01. The highest BCUT2D eigenvalue weighted by Gasteiger charge is 2.31. The summed E-state index contributed by atoms with van der Waals surface area (Å²) >= 11 is 1.33. The molecule has 0 bridgehead atoms. The van der Waals surface area contributed by atoms with Crippen molar-refractivity contribution in [2.75, 3.05) is 16.2 Å². The molecule has 1 aromatic heterocycles. The lowest BCUT2D eigenvalue weighted by atomic mass is 10.1. The Morgan fingerprint density at radius 2 is 1.89 bits per heavy atom. The number of carbonyl (C=O) groups is 1. The number of nitrogens with zero attached hydrogens (tertiary/aromatic N) is 2. The summed E-state index contributed by atoms with van der Waals surface area (Å²) in [6.07, 6.45) is 2.23. The number of hydrogen-bond donors (Lipinski definition) is 1. The number of rotatable bonds is 4. The largest absolute Gasteiger partial charge is 0.298 e. The van der Waals surface area contributed by atoms with Crippen molar-refractivity contribution in [2.45, 2.75) is 25.2 Å². The Kier molecular flexibility index (Phi) is 4.68. The molecule has 0 spiro atoms. The van der Waals surface area contributed by atoms with Gasteiger partial charge in [0.15, 0.2) is 5.13 Å². The molecular weight excluding hydrogens is 394 g/mol. The lowest BCUT2D eigenvalue weighted by Gasteiger charge is -2.20. The molecule has 0 saturated carbocycles. The van der Waals surface area contributed by atoms with Crippen molar-refractivity contribution in [3.05, 3.63) is 70.2 Å². The first-order chi connectivity index (χ1) is 13.3. The van der Waals surface area contributed by atoms with Gasteiger partial charge in [-0.25, -0.2) is 13.4 Å². The maximum atomic E-state index is 13.3. The van der Waals surface area contributed by atoms with E-state index >= 15 is 0 Å². The van der Waals surface area contributed by atoms with Crippen molar-refractivity contribution in [2.24, 2.45) is 0 Å². The molecule has 4 rings (SSSR count). The molecule has 2 heterocycles. The van der Waals surface area contributed by atoms with Crippen LogP contribution in [0.15, 0.2) is 52.9 Å². The molecule has 3 aromatic rings. The number of nitrogens with one attached hydrogen (secondary N) is 1. The number of aromatic nitrogens is 1. The highest BCUT2D eigenvalue weighted by molar-refractivity contribution is 7.92. The second kappa shape index (κ2) is 7.03. The summed E-state index contributed by atoms with van der Waals surface area (Å²) in [7, 11) is -3.70. The van der Waals surface area contributed by atoms with E-state index in [1.165, 1.54) is 15.6 Å². The van der Waals surface area contributed by atoms with Gasteiger partial charge in [0.05, 0.1) is 10.6 Å². The molecule has 0 radical (unpaired) electrons. The molecule has 1 aliphatic heterocycles. The zero-order valence-corrected chi connectivity index (χ0v) is 17.1. The van der Waals surface area contributed by atoms with Crippen LogP contribution in [-0.4, -0.2) is 25.9 Å². The van der Waals surface area contributed by atoms with Gasteiger partial charge >= 0.3 is 0 Å². The van der Waals surface area contributed by atoms with E-state index in [-0.39, 0.29) is 10.8 Å². The number of carbonyl (C=O) groups excluding carboxylic acids is 1. The average molecular weight is 414 g/mol. The lowest BCUT2D eigenvalue weighted by molar-refractivity contribution is 0.102. The monoisotopic (exact) mass is 413 g/mol. The fourth-order valence-corrected chi connectivity index (χ4v) is 5.61. The predicted molar refractivity (Wildman–Crippen MR) is 111 cm³/mol. The van der Waals surface area contributed by atoms with Crippen LogP contribution in [0.3, 0.4) is 0 Å².